The van der Waals surface area contributed by atoms with Gasteiger partial charge >= 0.3 is 0 Å². The Balaban J connectivity index is 1.53. The third-order valence-electron chi connectivity index (χ3n) is 4.74. The third kappa shape index (κ3) is 3.82. The van der Waals surface area contributed by atoms with E-state index in [1.54, 1.807) is 4.90 Å². The molecule has 0 unspecified atom stereocenters. The van der Waals surface area contributed by atoms with E-state index >= 15 is 0 Å². The second-order valence-electron chi connectivity index (χ2n) is 6.38. The number of aryl methyl sites for hydroxylation is 2. The molecule has 6 heteroatoms. The van der Waals surface area contributed by atoms with Gasteiger partial charge in [-0.3, -0.25) is 9.89 Å². The van der Waals surface area contributed by atoms with Crippen LogP contribution < -0.4 is 0 Å². The quantitative estimate of drug-likeness (QED) is 0.881. The molecule has 1 aromatic heterocycles. The van der Waals surface area contributed by atoms with E-state index in [-0.39, 0.29) is 17.9 Å². The van der Waals surface area contributed by atoms with Gasteiger partial charge in [-0.25, -0.2) is 4.98 Å². The molecule has 6 nitrogen and oxygen atoms in total. The number of aromatic nitrogens is 3. The molecule has 1 N–H and O–H groups in total. The molecule has 1 saturated heterocycles. The molecule has 2 aromatic rings. The predicted octanol–water partition coefficient (Wildman–Crippen LogP) is 2.08. The number of H-pyrrole nitrogens is 1. The fraction of sp³-hybridized carbons (Fsp3) is 0.500. The average Bonchev–Trinajstić information content (AvgIpc) is 3.24. The van der Waals surface area contributed by atoms with E-state index in [1.165, 1.54) is 17.5 Å². The van der Waals surface area contributed by atoms with Crippen molar-refractivity contribution >= 4 is 5.91 Å². The van der Waals surface area contributed by atoms with Crippen LogP contribution in [-0.4, -0.2) is 52.3 Å². The SMILES string of the molecule is Cc1ccccc1CCC(=O)N(C)C[C@H]1OCC[C@H]1c1ncn[nH]1. The van der Waals surface area contributed by atoms with Crippen molar-refractivity contribution in [3.63, 3.8) is 0 Å². The number of likely N-dealkylation sites (N-methyl/N-ethyl adjacent to an activating group) is 1. The molecule has 2 atom stereocenters. The molecule has 1 aliphatic heterocycles. The fourth-order valence-corrected chi connectivity index (χ4v) is 3.23. The first-order chi connectivity index (χ1) is 11.6. The number of ether oxygens (including phenoxy) is 1. The highest BCUT2D eigenvalue weighted by Gasteiger charge is 2.33. The van der Waals surface area contributed by atoms with Gasteiger partial charge in [-0.2, -0.15) is 5.10 Å². The predicted molar refractivity (Wildman–Crippen MR) is 90.6 cm³/mol. The molecular weight excluding hydrogens is 304 g/mol. The second-order valence-corrected chi connectivity index (χ2v) is 6.38. The smallest absolute Gasteiger partial charge is 0.222 e. The number of hydrogen-bond donors (Lipinski definition) is 1. The van der Waals surface area contributed by atoms with E-state index in [1.807, 2.05) is 19.2 Å². The van der Waals surface area contributed by atoms with Crippen molar-refractivity contribution in [3.8, 4) is 0 Å². The Labute approximate surface area is 142 Å². The Bertz CT molecular complexity index is 671. The van der Waals surface area contributed by atoms with Crippen LogP contribution in [-0.2, 0) is 16.0 Å². The maximum Gasteiger partial charge on any atom is 0.222 e. The number of carbonyl (C=O) groups is 1. The largest absolute Gasteiger partial charge is 0.376 e. The van der Waals surface area contributed by atoms with Crippen LogP contribution in [0, 0.1) is 6.92 Å². The molecule has 1 aromatic carbocycles. The summed E-state index contributed by atoms with van der Waals surface area (Å²) >= 11 is 0. The van der Waals surface area contributed by atoms with Crippen molar-refractivity contribution in [1.29, 1.82) is 0 Å². The summed E-state index contributed by atoms with van der Waals surface area (Å²) in [6.07, 6.45) is 3.69. The van der Waals surface area contributed by atoms with Gasteiger partial charge in [0.05, 0.1) is 6.10 Å². The number of hydrogen-bond acceptors (Lipinski definition) is 4. The van der Waals surface area contributed by atoms with Crippen molar-refractivity contribution in [2.75, 3.05) is 20.2 Å². The standard InChI is InChI=1S/C18H24N4O2/c1-13-5-3-4-6-14(13)7-8-17(23)22(2)11-16-15(9-10-24-16)18-19-12-20-21-18/h3-6,12,15-16H,7-11H2,1-2H3,(H,19,20,21)/t15-,16-/m1/s1. The summed E-state index contributed by atoms with van der Waals surface area (Å²) in [5, 5.41) is 6.83. The molecule has 1 fully saturated rings. The first-order valence-corrected chi connectivity index (χ1v) is 8.40. The number of aromatic amines is 1. The molecule has 0 saturated carbocycles. The summed E-state index contributed by atoms with van der Waals surface area (Å²) in [6, 6.07) is 8.21. The number of rotatable bonds is 6. The van der Waals surface area contributed by atoms with Gasteiger partial charge in [0.1, 0.15) is 12.2 Å². The van der Waals surface area contributed by atoms with E-state index in [2.05, 4.69) is 34.2 Å². The zero-order chi connectivity index (χ0) is 16.9. The van der Waals surface area contributed by atoms with Gasteiger partial charge < -0.3 is 9.64 Å². The van der Waals surface area contributed by atoms with E-state index in [0.717, 1.165) is 18.7 Å². The Morgan fingerprint density at radius 1 is 1.42 bits per heavy atom. The van der Waals surface area contributed by atoms with Gasteiger partial charge in [0, 0.05) is 32.5 Å². The van der Waals surface area contributed by atoms with Gasteiger partial charge in [-0.1, -0.05) is 24.3 Å². The molecule has 24 heavy (non-hydrogen) atoms. The van der Waals surface area contributed by atoms with Crippen LogP contribution >= 0.6 is 0 Å². The van der Waals surface area contributed by atoms with Gasteiger partial charge in [0.15, 0.2) is 0 Å². The number of amides is 1. The van der Waals surface area contributed by atoms with Crippen LogP contribution in [0.25, 0.3) is 0 Å². The molecular formula is C18H24N4O2. The third-order valence-corrected chi connectivity index (χ3v) is 4.74. The van der Waals surface area contributed by atoms with Crippen LogP contribution in [0.2, 0.25) is 0 Å². The lowest BCUT2D eigenvalue weighted by atomic mass is 10.00. The van der Waals surface area contributed by atoms with E-state index in [9.17, 15) is 4.79 Å². The lowest BCUT2D eigenvalue weighted by Gasteiger charge is -2.24. The maximum atomic E-state index is 12.4. The van der Waals surface area contributed by atoms with Crippen LogP contribution in [0.4, 0.5) is 0 Å². The average molecular weight is 328 g/mol. The van der Waals surface area contributed by atoms with Gasteiger partial charge in [0.2, 0.25) is 5.91 Å². The molecule has 1 aliphatic rings. The molecule has 1 amide bonds. The van der Waals surface area contributed by atoms with Crippen molar-refractivity contribution in [3.05, 3.63) is 47.5 Å². The zero-order valence-corrected chi connectivity index (χ0v) is 14.2. The molecule has 0 spiro atoms. The maximum absolute atomic E-state index is 12.4. The lowest BCUT2D eigenvalue weighted by molar-refractivity contribution is -0.131. The van der Waals surface area contributed by atoms with Crippen LogP contribution in [0.1, 0.15) is 35.7 Å². The summed E-state index contributed by atoms with van der Waals surface area (Å²) in [7, 11) is 1.85. The summed E-state index contributed by atoms with van der Waals surface area (Å²) in [4.78, 5) is 18.5. The number of nitrogens with zero attached hydrogens (tertiary/aromatic N) is 3. The Morgan fingerprint density at radius 2 is 2.25 bits per heavy atom. The minimum absolute atomic E-state index is 0.0228. The number of nitrogens with one attached hydrogen (secondary N) is 1. The summed E-state index contributed by atoms with van der Waals surface area (Å²) < 4.78 is 5.81. The van der Waals surface area contributed by atoms with Crippen molar-refractivity contribution < 1.29 is 9.53 Å². The summed E-state index contributed by atoms with van der Waals surface area (Å²) in [5.41, 5.74) is 2.47. The molecule has 128 valence electrons. The minimum atomic E-state index is -0.0228. The Morgan fingerprint density at radius 3 is 3.00 bits per heavy atom. The molecule has 0 bridgehead atoms. The second kappa shape index (κ2) is 7.57. The Hall–Kier alpha value is -2.21. The van der Waals surface area contributed by atoms with Crippen LogP contribution in [0.15, 0.2) is 30.6 Å². The molecule has 2 heterocycles. The monoisotopic (exact) mass is 328 g/mol. The molecule has 3 rings (SSSR count). The highest BCUT2D eigenvalue weighted by atomic mass is 16.5. The fourth-order valence-electron chi connectivity index (χ4n) is 3.23. The van der Waals surface area contributed by atoms with E-state index in [0.29, 0.717) is 19.6 Å². The summed E-state index contributed by atoms with van der Waals surface area (Å²) in [5.74, 6) is 1.17. The van der Waals surface area contributed by atoms with Crippen LogP contribution in [0.5, 0.6) is 0 Å². The highest BCUT2D eigenvalue weighted by molar-refractivity contribution is 5.76. The Kier molecular flexibility index (Phi) is 5.25. The van der Waals surface area contributed by atoms with Gasteiger partial charge in [-0.05, 0) is 30.9 Å². The zero-order valence-electron chi connectivity index (χ0n) is 14.2. The summed E-state index contributed by atoms with van der Waals surface area (Å²) in [6.45, 7) is 3.36. The van der Waals surface area contributed by atoms with Crippen molar-refractivity contribution in [2.24, 2.45) is 0 Å². The van der Waals surface area contributed by atoms with E-state index in [4.69, 9.17) is 4.74 Å². The molecule has 0 radical (unpaired) electrons. The van der Waals surface area contributed by atoms with Crippen LogP contribution in [0.3, 0.4) is 0 Å². The van der Waals surface area contributed by atoms with Gasteiger partial charge in [0.25, 0.3) is 0 Å². The number of benzene rings is 1. The van der Waals surface area contributed by atoms with Crippen molar-refractivity contribution in [1.82, 2.24) is 20.1 Å². The number of carbonyl (C=O) groups excluding carboxylic acids is 1. The first-order valence-electron chi connectivity index (χ1n) is 8.40. The van der Waals surface area contributed by atoms with E-state index < -0.39 is 0 Å². The van der Waals surface area contributed by atoms with Gasteiger partial charge in [-0.15, -0.1) is 0 Å². The van der Waals surface area contributed by atoms with Crippen molar-refractivity contribution in [2.45, 2.75) is 38.2 Å². The topological polar surface area (TPSA) is 71.1 Å². The minimum Gasteiger partial charge on any atom is -0.376 e. The normalized spacial score (nSPS) is 20.2. The highest BCUT2D eigenvalue weighted by Crippen LogP contribution is 2.29. The molecule has 0 aliphatic carbocycles. The lowest BCUT2D eigenvalue weighted by Crippen LogP contribution is -2.36. The first kappa shape index (κ1) is 16.6.